The third-order valence-electron chi connectivity index (χ3n) is 2.84. The van der Waals surface area contributed by atoms with E-state index in [-0.39, 0.29) is 12.5 Å². The zero-order chi connectivity index (χ0) is 13.4. The van der Waals surface area contributed by atoms with Crippen LogP contribution < -0.4 is 4.74 Å². The van der Waals surface area contributed by atoms with Crippen molar-refractivity contribution in [1.29, 1.82) is 0 Å². The molecule has 1 amide bonds. The van der Waals surface area contributed by atoms with E-state index >= 15 is 0 Å². The molecular weight excluding hydrogens is 230 g/mol. The zero-order valence-electron chi connectivity index (χ0n) is 11.1. The minimum Gasteiger partial charge on any atom is -0.497 e. The molecule has 1 rings (SSSR count). The SMILES string of the molecule is COc1cccc(CCN(C)C(=O)CCCO)c1. The van der Waals surface area contributed by atoms with Crippen LogP contribution in [0.1, 0.15) is 18.4 Å². The van der Waals surface area contributed by atoms with Crippen LogP contribution in [0.2, 0.25) is 0 Å². The van der Waals surface area contributed by atoms with Crippen LogP contribution in [0.15, 0.2) is 24.3 Å². The van der Waals surface area contributed by atoms with Gasteiger partial charge in [-0.3, -0.25) is 4.79 Å². The highest BCUT2D eigenvalue weighted by molar-refractivity contribution is 5.75. The summed E-state index contributed by atoms with van der Waals surface area (Å²) in [5, 5.41) is 8.68. The van der Waals surface area contributed by atoms with Crippen molar-refractivity contribution in [2.24, 2.45) is 0 Å². The van der Waals surface area contributed by atoms with Gasteiger partial charge in [0.2, 0.25) is 5.91 Å². The number of methoxy groups -OCH3 is 1. The van der Waals surface area contributed by atoms with Crippen molar-refractivity contribution in [1.82, 2.24) is 4.90 Å². The number of carbonyl (C=O) groups excluding carboxylic acids is 1. The Labute approximate surface area is 108 Å². The predicted molar refractivity (Wildman–Crippen MR) is 70.7 cm³/mol. The van der Waals surface area contributed by atoms with Gasteiger partial charge < -0.3 is 14.7 Å². The molecule has 1 aromatic carbocycles. The number of nitrogens with zero attached hydrogens (tertiary/aromatic N) is 1. The summed E-state index contributed by atoms with van der Waals surface area (Å²) >= 11 is 0. The molecule has 0 saturated heterocycles. The highest BCUT2D eigenvalue weighted by Crippen LogP contribution is 2.13. The summed E-state index contributed by atoms with van der Waals surface area (Å²) in [4.78, 5) is 13.3. The number of hydrogen-bond donors (Lipinski definition) is 1. The highest BCUT2D eigenvalue weighted by Gasteiger charge is 2.08. The molecule has 1 aromatic rings. The fourth-order valence-electron chi connectivity index (χ4n) is 1.67. The second-order valence-corrected chi connectivity index (χ2v) is 4.24. The molecule has 0 aliphatic rings. The van der Waals surface area contributed by atoms with Crippen LogP contribution in [0.4, 0.5) is 0 Å². The second-order valence-electron chi connectivity index (χ2n) is 4.24. The lowest BCUT2D eigenvalue weighted by Crippen LogP contribution is -2.28. The Morgan fingerprint density at radius 1 is 1.44 bits per heavy atom. The number of ether oxygens (including phenoxy) is 1. The number of likely N-dealkylation sites (N-methyl/N-ethyl adjacent to an activating group) is 1. The maximum atomic E-state index is 11.6. The first kappa shape index (κ1) is 14.5. The molecule has 4 nitrogen and oxygen atoms in total. The monoisotopic (exact) mass is 251 g/mol. The number of aliphatic hydroxyl groups is 1. The van der Waals surface area contributed by atoms with Crippen molar-refractivity contribution < 1.29 is 14.6 Å². The zero-order valence-corrected chi connectivity index (χ0v) is 11.1. The molecule has 0 spiro atoms. The molecule has 100 valence electrons. The molecule has 1 N–H and O–H groups in total. The first-order chi connectivity index (χ1) is 8.67. The van der Waals surface area contributed by atoms with Gasteiger partial charge in [0.15, 0.2) is 0 Å². The van der Waals surface area contributed by atoms with Crippen LogP contribution in [0.25, 0.3) is 0 Å². The Morgan fingerprint density at radius 3 is 2.89 bits per heavy atom. The Hall–Kier alpha value is -1.55. The van der Waals surface area contributed by atoms with Gasteiger partial charge in [-0.25, -0.2) is 0 Å². The molecular formula is C14H21NO3. The average molecular weight is 251 g/mol. The van der Waals surface area contributed by atoms with E-state index in [1.165, 1.54) is 0 Å². The van der Waals surface area contributed by atoms with Crippen LogP contribution in [-0.2, 0) is 11.2 Å². The van der Waals surface area contributed by atoms with Gasteiger partial charge in [-0.1, -0.05) is 12.1 Å². The summed E-state index contributed by atoms with van der Waals surface area (Å²) in [5.41, 5.74) is 1.15. The van der Waals surface area contributed by atoms with E-state index in [9.17, 15) is 4.79 Å². The number of rotatable bonds is 7. The van der Waals surface area contributed by atoms with E-state index in [1.54, 1.807) is 19.1 Å². The molecule has 0 aromatic heterocycles. The van der Waals surface area contributed by atoms with E-state index in [1.807, 2.05) is 24.3 Å². The van der Waals surface area contributed by atoms with Crippen molar-refractivity contribution in [3.63, 3.8) is 0 Å². The molecule has 0 fully saturated rings. The fraction of sp³-hybridized carbons (Fsp3) is 0.500. The summed E-state index contributed by atoms with van der Waals surface area (Å²) in [6.45, 7) is 0.743. The third kappa shape index (κ3) is 4.75. The van der Waals surface area contributed by atoms with Gasteiger partial charge in [0.25, 0.3) is 0 Å². The summed E-state index contributed by atoms with van der Waals surface area (Å²) in [6, 6.07) is 7.85. The molecule has 0 atom stereocenters. The minimum atomic E-state index is 0.0649. The minimum absolute atomic E-state index is 0.0649. The lowest BCUT2D eigenvalue weighted by atomic mass is 10.1. The van der Waals surface area contributed by atoms with Crippen molar-refractivity contribution in [2.75, 3.05) is 27.3 Å². The van der Waals surface area contributed by atoms with E-state index in [2.05, 4.69) is 0 Å². The molecule has 0 radical (unpaired) electrons. The van der Waals surface area contributed by atoms with Crippen LogP contribution in [0.5, 0.6) is 5.75 Å². The quantitative estimate of drug-likeness (QED) is 0.798. The molecule has 0 aliphatic heterocycles. The van der Waals surface area contributed by atoms with E-state index in [0.29, 0.717) is 19.4 Å². The van der Waals surface area contributed by atoms with Gasteiger partial charge in [-0.05, 0) is 30.5 Å². The number of aliphatic hydroxyl groups excluding tert-OH is 1. The lowest BCUT2D eigenvalue weighted by Gasteiger charge is -2.17. The largest absolute Gasteiger partial charge is 0.497 e. The Morgan fingerprint density at radius 2 is 2.22 bits per heavy atom. The van der Waals surface area contributed by atoms with Crippen LogP contribution in [-0.4, -0.2) is 43.2 Å². The average Bonchev–Trinajstić information content (AvgIpc) is 2.42. The summed E-state index contributed by atoms with van der Waals surface area (Å²) in [7, 11) is 3.43. The summed E-state index contributed by atoms with van der Waals surface area (Å²) in [6.07, 6.45) is 1.74. The van der Waals surface area contributed by atoms with E-state index < -0.39 is 0 Å². The highest BCUT2D eigenvalue weighted by atomic mass is 16.5. The number of hydrogen-bond acceptors (Lipinski definition) is 3. The van der Waals surface area contributed by atoms with E-state index in [0.717, 1.165) is 17.7 Å². The third-order valence-corrected chi connectivity index (χ3v) is 2.84. The Balaban J connectivity index is 2.41. The first-order valence-corrected chi connectivity index (χ1v) is 6.15. The normalized spacial score (nSPS) is 10.2. The van der Waals surface area contributed by atoms with Gasteiger partial charge in [-0.2, -0.15) is 0 Å². The maximum absolute atomic E-state index is 11.6. The molecule has 0 unspecified atom stereocenters. The topological polar surface area (TPSA) is 49.8 Å². The van der Waals surface area contributed by atoms with Gasteiger partial charge in [-0.15, -0.1) is 0 Å². The summed E-state index contributed by atoms with van der Waals surface area (Å²) < 4.78 is 5.15. The molecule has 0 bridgehead atoms. The first-order valence-electron chi connectivity index (χ1n) is 6.15. The molecule has 0 aliphatic carbocycles. The lowest BCUT2D eigenvalue weighted by molar-refractivity contribution is -0.130. The van der Waals surface area contributed by atoms with Crippen LogP contribution in [0, 0.1) is 0 Å². The molecule has 0 saturated carbocycles. The molecule has 4 heteroatoms. The van der Waals surface area contributed by atoms with Crippen molar-refractivity contribution >= 4 is 5.91 Å². The van der Waals surface area contributed by atoms with Gasteiger partial charge in [0.05, 0.1) is 7.11 Å². The standard InChI is InChI=1S/C14H21NO3/c1-15(14(17)7-4-10-16)9-8-12-5-3-6-13(11-12)18-2/h3,5-6,11,16H,4,7-10H2,1-2H3. The number of amides is 1. The molecule has 0 heterocycles. The maximum Gasteiger partial charge on any atom is 0.222 e. The van der Waals surface area contributed by atoms with Crippen molar-refractivity contribution in [2.45, 2.75) is 19.3 Å². The van der Waals surface area contributed by atoms with Crippen LogP contribution >= 0.6 is 0 Å². The number of benzene rings is 1. The van der Waals surface area contributed by atoms with Gasteiger partial charge >= 0.3 is 0 Å². The predicted octanol–water partition coefficient (Wildman–Crippen LogP) is 1.47. The number of carbonyl (C=O) groups is 1. The Bertz CT molecular complexity index is 379. The van der Waals surface area contributed by atoms with Crippen molar-refractivity contribution in [3.05, 3.63) is 29.8 Å². The smallest absolute Gasteiger partial charge is 0.222 e. The fourth-order valence-corrected chi connectivity index (χ4v) is 1.67. The van der Waals surface area contributed by atoms with E-state index in [4.69, 9.17) is 9.84 Å². The van der Waals surface area contributed by atoms with Gasteiger partial charge in [0, 0.05) is 26.6 Å². The Kier molecular flexibility index (Phi) is 6.22. The van der Waals surface area contributed by atoms with Crippen LogP contribution in [0.3, 0.4) is 0 Å². The second kappa shape index (κ2) is 7.71. The van der Waals surface area contributed by atoms with Gasteiger partial charge in [0.1, 0.15) is 5.75 Å². The summed E-state index contributed by atoms with van der Waals surface area (Å²) in [5.74, 6) is 0.911. The van der Waals surface area contributed by atoms with Crippen molar-refractivity contribution in [3.8, 4) is 5.75 Å². The molecule has 18 heavy (non-hydrogen) atoms.